The van der Waals surface area contributed by atoms with Gasteiger partial charge in [-0.3, -0.25) is 0 Å². The lowest BCUT2D eigenvalue weighted by atomic mass is 9.81. The topological polar surface area (TPSA) is 3.24 Å². The third kappa shape index (κ3) is 5.27. The predicted molar refractivity (Wildman–Crippen MR) is 219 cm³/mol. The van der Waals surface area contributed by atoms with Crippen molar-refractivity contribution in [2.45, 2.75) is 90.9 Å². The van der Waals surface area contributed by atoms with E-state index in [0.717, 1.165) is 0 Å². The van der Waals surface area contributed by atoms with Crippen molar-refractivity contribution >= 4 is 17.1 Å². The van der Waals surface area contributed by atoms with Crippen molar-refractivity contribution in [3.05, 3.63) is 161 Å². The maximum absolute atomic E-state index is 2.54. The monoisotopic (exact) mass is 665 g/mol. The molecular formula is C50H51N. The van der Waals surface area contributed by atoms with Crippen molar-refractivity contribution < 1.29 is 0 Å². The van der Waals surface area contributed by atoms with Gasteiger partial charge >= 0.3 is 0 Å². The summed E-state index contributed by atoms with van der Waals surface area (Å²) in [5.74, 6) is 0. The van der Waals surface area contributed by atoms with E-state index in [-0.39, 0.29) is 21.7 Å². The molecular weight excluding hydrogens is 615 g/mol. The maximum atomic E-state index is 2.54. The molecule has 0 heterocycles. The van der Waals surface area contributed by atoms with Crippen LogP contribution in [0.15, 0.2) is 127 Å². The van der Waals surface area contributed by atoms with Crippen LogP contribution in [0.3, 0.4) is 0 Å². The maximum Gasteiger partial charge on any atom is 0.0542 e. The standard InChI is InChI=1S/C50H51N/c1-47(2,3)33-21-19-32(20-22-33)37-26-23-34(48(4,5)6)29-46(37)51(35-24-27-40-38-15-11-13-17-42(38)49(7,8)44(40)30-35)36-25-28-41-39-16-12-14-18-43(39)50(9,10)45(41)31-36/h11-31H,1-10H3. The van der Waals surface area contributed by atoms with Crippen LogP contribution in [-0.4, -0.2) is 0 Å². The van der Waals surface area contributed by atoms with Crippen molar-refractivity contribution in [3.8, 4) is 33.4 Å². The SMILES string of the molecule is CC(C)(C)c1ccc(-c2ccc(C(C)(C)C)cc2N(c2ccc3c(c2)C(C)(C)c2ccccc2-3)c2ccc3c(c2)C(C)(C)c2ccccc2-3)cc1. The van der Waals surface area contributed by atoms with Crippen LogP contribution in [0.2, 0.25) is 0 Å². The van der Waals surface area contributed by atoms with Gasteiger partial charge in [0.05, 0.1) is 5.69 Å². The number of fused-ring (bicyclic) bond motifs is 6. The Morgan fingerprint density at radius 3 is 1.27 bits per heavy atom. The summed E-state index contributed by atoms with van der Waals surface area (Å²) in [6.45, 7) is 23.3. The molecule has 0 saturated carbocycles. The number of anilines is 3. The molecule has 6 aromatic rings. The molecule has 6 aromatic carbocycles. The molecule has 2 aliphatic rings. The van der Waals surface area contributed by atoms with Crippen LogP contribution in [-0.2, 0) is 21.7 Å². The second-order valence-electron chi connectivity index (χ2n) is 17.9. The predicted octanol–water partition coefficient (Wildman–Crippen LogP) is 14.0. The summed E-state index contributed by atoms with van der Waals surface area (Å²) in [4.78, 5) is 2.54. The van der Waals surface area contributed by atoms with Gasteiger partial charge < -0.3 is 4.90 Å². The van der Waals surface area contributed by atoms with Gasteiger partial charge in [-0.2, -0.15) is 0 Å². The minimum absolute atomic E-state index is 0.0157. The van der Waals surface area contributed by atoms with Gasteiger partial charge in [-0.1, -0.05) is 166 Å². The summed E-state index contributed by atoms with van der Waals surface area (Å²) < 4.78 is 0. The van der Waals surface area contributed by atoms with Crippen molar-refractivity contribution in [2.24, 2.45) is 0 Å². The summed E-state index contributed by atoms with van der Waals surface area (Å²) in [5.41, 5.74) is 19.5. The second-order valence-corrected chi connectivity index (χ2v) is 17.9. The first-order valence-corrected chi connectivity index (χ1v) is 18.6. The Balaban J connectivity index is 1.39. The average molecular weight is 666 g/mol. The van der Waals surface area contributed by atoms with Gasteiger partial charge in [0.25, 0.3) is 0 Å². The molecule has 0 fully saturated rings. The highest BCUT2D eigenvalue weighted by atomic mass is 15.1. The molecule has 256 valence electrons. The normalized spacial score (nSPS) is 15.2. The Hall–Kier alpha value is -4.88. The van der Waals surface area contributed by atoms with Crippen molar-refractivity contribution in [2.75, 3.05) is 4.90 Å². The number of hydrogen-bond donors (Lipinski definition) is 0. The fourth-order valence-electron chi connectivity index (χ4n) is 8.67. The first-order chi connectivity index (χ1) is 24.1. The first-order valence-electron chi connectivity index (χ1n) is 18.6. The van der Waals surface area contributed by atoms with Crippen LogP contribution >= 0.6 is 0 Å². The van der Waals surface area contributed by atoms with Crippen molar-refractivity contribution in [1.29, 1.82) is 0 Å². The smallest absolute Gasteiger partial charge is 0.0542 e. The zero-order valence-electron chi connectivity index (χ0n) is 32.1. The first kappa shape index (κ1) is 33.3. The van der Waals surface area contributed by atoms with E-state index in [4.69, 9.17) is 0 Å². The molecule has 0 aromatic heterocycles. The lowest BCUT2D eigenvalue weighted by molar-refractivity contribution is 0.590. The molecule has 2 aliphatic carbocycles. The summed E-state index contributed by atoms with van der Waals surface area (Å²) in [6.07, 6.45) is 0. The van der Waals surface area contributed by atoms with Gasteiger partial charge in [0.15, 0.2) is 0 Å². The highest BCUT2D eigenvalue weighted by Crippen LogP contribution is 2.54. The molecule has 0 N–H and O–H groups in total. The van der Waals surface area contributed by atoms with Gasteiger partial charge in [-0.15, -0.1) is 0 Å². The minimum atomic E-state index is -0.103. The molecule has 1 heteroatoms. The van der Waals surface area contributed by atoms with Crippen LogP contribution in [0.25, 0.3) is 33.4 Å². The van der Waals surface area contributed by atoms with Gasteiger partial charge in [0, 0.05) is 27.8 Å². The summed E-state index contributed by atoms with van der Waals surface area (Å²) in [6, 6.07) is 48.6. The van der Waals surface area contributed by atoms with Crippen LogP contribution in [0.4, 0.5) is 17.1 Å². The van der Waals surface area contributed by atoms with E-state index in [0.29, 0.717) is 0 Å². The van der Waals surface area contributed by atoms with E-state index in [1.807, 2.05) is 0 Å². The largest absolute Gasteiger partial charge is 0.310 e. The van der Waals surface area contributed by atoms with E-state index >= 15 is 0 Å². The summed E-state index contributed by atoms with van der Waals surface area (Å²) >= 11 is 0. The molecule has 1 nitrogen and oxygen atoms in total. The molecule has 0 bridgehead atoms. The molecule has 51 heavy (non-hydrogen) atoms. The van der Waals surface area contributed by atoms with Crippen molar-refractivity contribution in [1.82, 2.24) is 0 Å². The Bertz CT molecular complexity index is 2210. The highest BCUT2D eigenvalue weighted by Gasteiger charge is 2.38. The Morgan fingerprint density at radius 1 is 0.392 bits per heavy atom. The Kier molecular flexibility index (Phi) is 7.38. The molecule has 0 unspecified atom stereocenters. The van der Waals surface area contributed by atoms with Crippen molar-refractivity contribution in [3.63, 3.8) is 0 Å². The molecule has 0 aliphatic heterocycles. The van der Waals surface area contributed by atoms with Gasteiger partial charge in [-0.25, -0.2) is 0 Å². The van der Waals surface area contributed by atoms with Gasteiger partial charge in [-0.05, 0) is 102 Å². The van der Waals surface area contributed by atoms with Gasteiger partial charge in [0.2, 0.25) is 0 Å². The quantitative estimate of drug-likeness (QED) is 0.181. The lowest BCUT2D eigenvalue weighted by Gasteiger charge is -2.32. The third-order valence-corrected chi connectivity index (χ3v) is 11.8. The minimum Gasteiger partial charge on any atom is -0.310 e. The van der Waals surface area contributed by atoms with E-state index in [2.05, 4.69) is 202 Å². The van der Waals surface area contributed by atoms with Crippen LogP contribution < -0.4 is 4.90 Å². The fraction of sp³-hybridized carbons (Fsp3) is 0.280. The van der Waals surface area contributed by atoms with Crippen LogP contribution in [0, 0.1) is 0 Å². The average Bonchev–Trinajstić information content (AvgIpc) is 3.47. The Morgan fingerprint density at radius 2 is 0.804 bits per heavy atom. The zero-order chi connectivity index (χ0) is 36.1. The highest BCUT2D eigenvalue weighted by molar-refractivity contribution is 5.92. The number of benzene rings is 6. The molecule has 0 atom stereocenters. The Labute approximate surface area is 306 Å². The van der Waals surface area contributed by atoms with Crippen LogP contribution in [0.1, 0.15) is 103 Å². The second kappa shape index (κ2) is 11.3. The molecule has 0 spiro atoms. The van der Waals surface area contributed by atoms with Gasteiger partial charge in [0.1, 0.15) is 0 Å². The zero-order valence-corrected chi connectivity index (χ0v) is 32.1. The lowest BCUT2D eigenvalue weighted by Crippen LogP contribution is -2.19. The number of nitrogens with zero attached hydrogens (tertiary/aromatic N) is 1. The van der Waals surface area contributed by atoms with E-state index < -0.39 is 0 Å². The van der Waals surface area contributed by atoms with E-state index in [9.17, 15) is 0 Å². The van der Waals surface area contributed by atoms with Crippen LogP contribution in [0.5, 0.6) is 0 Å². The van der Waals surface area contributed by atoms with E-state index in [1.165, 1.54) is 83.8 Å². The molecule has 0 radical (unpaired) electrons. The number of rotatable bonds is 4. The molecule has 8 rings (SSSR count). The molecule has 0 saturated heterocycles. The molecule has 0 amide bonds. The number of hydrogen-bond acceptors (Lipinski definition) is 1. The summed E-state index contributed by atoms with van der Waals surface area (Å²) in [7, 11) is 0. The third-order valence-electron chi connectivity index (χ3n) is 11.8. The van der Waals surface area contributed by atoms with E-state index in [1.54, 1.807) is 0 Å². The summed E-state index contributed by atoms with van der Waals surface area (Å²) in [5, 5.41) is 0. The fourth-order valence-corrected chi connectivity index (χ4v) is 8.67.